The summed E-state index contributed by atoms with van der Waals surface area (Å²) in [6.07, 6.45) is 7.73. The van der Waals surface area contributed by atoms with E-state index in [0.717, 1.165) is 66.5 Å². The van der Waals surface area contributed by atoms with Gasteiger partial charge in [0.1, 0.15) is 17.0 Å². The Morgan fingerprint density at radius 1 is 1.22 bits per heavy atom. The summed E-state index contributed by atoms with van der Waals surface area (Å²) in [7, 11) is 2.07. The first-order valence-corrected chi connectivity index (χ1v) is 12.4. The summed E-state index contributed by atoms with van der Waals surface area (Å²) in [5, 5.41) is 3.67. The molecule has 0 saturated heterocycles. The fourth-order valence-electron chi connectivity index (χ4n) is 3.82. The predicted octanol–water partition coefficient (Wildman–Crippen LogP) is 5.36. The molecular weight excluding hydrogens is 437 g/mol. The summed E-state index contributed by atoms with van der Waals surface area (Å²) in [5.41, 5.74) is 3.03. The minimum Gasteiger partial charge on any atom is -0.346 e. The van der Waals surface area contributed by atoms with Crippen molar-refractivity contribution in [3.05, 3.63) is 24.3 Å². The SMILES string of the molecule is CC.CSNCCc1nc2cnc3[nH]ccc3c2n1C.FC(F)(F)CNC1CCCCC1. The number of alkyl halides is 3. The number of halogens is 3. The van der Waals surface area contributed by atoms with E-state index >= 15 is 0 Å². The Morgan fingerprint density at radius 2 is 1.94 bits per heavy atom. The second-order valence-corrected chi connectivity index (χ2v) is 8.20. The molecule has 0 unspecified atom stereocenters. The normalized spacial score (nSPS) is 14.7. The van der Waals surface area contributed by atoms with Crippen LogP contribution in [0.1, 0.15) is 51.8 Å². The molecule has 0 amide bonds. The molecular formula is C22H35F3N6S. The van der Waals surface area contributed by atoms with E-state index in [2.05, 4.69) is 42.7 Å². The third kappa shape index (κ3) is 7.67. The Balaban J connectivity index is 0.000000227. The zero-order chi connectivity index (χ0) is 23.6. The van der Waals surface area contributed by atoms with Crippen LogP contribution in [-0.4, -0.2) is 51.1 Å². The van der Waals surface area contributed by atoms with E-state index in [1.165, 1.54) is 6.42 Å². The number of H-pyrrole nitrogens is 1. The number of fused-ring (bicyclic) bond motifs is 3. The summed E-state index contributed by atoms with van der Waals surface area (Å²) in [6, 6.07) is 2.15. The van der Waals surface area contributed by atoms with E-state index in [4.69, 9.17) is 0 Å². The zero-order valence-corrected chi connectivity index (χ0v) is 20.2. The molecule has 3 N–H and O–H groups in total. The number of aromatic nitrogens is 4. The third-order valence-corrected chi connectivity index (χ3v) is 5.80. The van der Waals surface area contributed by atoms with Gasteiger partial charge in [-0.2, -0.15) is 13.2 Å². The number of hydrogen-bond donors (Lipinski definition) is 3. The van der Waals surface area contributed by atoms with E-state index in [9.17, 15) is 13.2 Å². The van der Waals surface area contributed by atoms with Gasteiger partial charge in [0, 0.05) is 37.6 Å². The van der Waals surface area contributed by atoms with Crippen LogP contribution in [0.2, 0.25) is 0 Å². The number of rotatable bonds is 6. The van der Waals surface area contributed by atoms with E-state index in [0.29, 0.717) is 0 Å². The third-order valence-electron chi connectivity index (χ3n) is 5.30. The highest BCUT2D eigenvalue weighted by atomic mass is 32.2. The lowest BCUT2D eigenvalue weighted by atomic mass is 9.95. The number of imidazole rings is 1. The van der Waals surface area contributed by atoms with Crippen LogP contribution in [0.3, 0.4) is 0 Å². The maximum atomic E-state index is 11.7. The van der Waals surface area contributed by atoms with Gasteiger partial charge in [-0.05, 0) is 25.2 Å². The van der Waals surface area contributed by atoms with Crippen molar-refractivity contribution in [2.24, 2.45) is 7.05 Å². The highest BCUT2D eigenvalue weighted by Crippen LogP contribution is 2.23. The average Bonchev–Trinajstić information content (AvgIpc) is 3.39. The van der Waals surface area contributed by atoms with Crippen molar-refractivity contribution in [3.63, 3.8) is 0 Å². The number of aromatic amines is 1. The van der Waals surface area contributed by atoms with E-state index in [1.54, 1.807) is 11.9 Å². The summed E-state index contributed by atoms with van der Waals surface area (Å²) < 4.78 is 40.6. The number of aryl methyl sites for hydroxylation is 1. The summed E-state index contributed by atoms with van der Waals surface area (Å²) >= 11 is 1.63. The van der Waals surface area contributed by atoms with Crippen LogP contribution in [-0.2, 0) is 13.5 Å². The van der Waals surface area contributed by atoms with Gasteiger partial charge in [-0.15, -0.1) is 0 Å². The van der Waals surface area contributed by atoms with Crippen molar-refractivity contribution in [1.82, 2.24) is 29.6 Å². The molecule has 0 aromatic carbocycles. The molecule has 1 aliphatic carbocycles. The molecule has 0 atom stereocenters. The van der Waals surface area contributed by atoms with E-state index in [-0.39, 0.29) is 6.04 Å². The van der Waals surface area contributed by atoms with Gasteiger partial charge in [0.15, 0.2) is 0 Å². The molecule has 10 heteroatoms. The molecule has 0 aliphatic heterocycles. The Bertz CT molecular complexity index is 931. The Kier molecular flexibility index (Phi) is 10.8. The van der Waals surface area contributed by atoms with Crippen molar-refractivity contribution in [1.29, 1.82) is 0 Å². The summed E-state index contributed by atoms with van der Waals surface area (Å²) in [5.74, 6) is 1.09. The second-order valence-electron chi connectivity index (χ2n) is 7.50. The second kappa shape index (κ2) is 13.1. The van der Waals surface area contributed by atoms with Crippen molar-refractivity contribution >= 4 is 34.0 Å². The van der Waals surface area contributed by atoms with Crippen LogP contribution in [0.5, 0.6) is 0 Å². The van der Waals surface area contributed by atoms with Gasteiger partial charge in [0.25, 0.3) is 0 Å². The van der Waals surface area contributed by atoms with Crippen LogP contribution in [0.25, 0.3) is 22.1 Å². The molecule has 6 nitrogen and oxygen atoms in total. The fourth-order valence-corrected chi connectivity index (χ4v) is 4.12. The fraction of sp³-hybridized carbons (Fsp3) is 0.636. The zero-order valence-electron chi connectivity index (χ0n) is 19.4. The molecule has 3 heterocycles. The molecule has 4 rings (SSSR count). The van der Waals surface area contributed by atoms with Gasteiger partial charge in [0.2, 0.25) is 0 Å². The van der Waals surface area contributed by atoms with Gasteiger partial charge >= 0.3 is 6.18 Å². The smallest absolute Gasteiger partial charge is 0.346 e. The maximum absolute atomic E-state index is 11.7. The Labute approximate surface area is 192 Å². The number of pyridine rings is 1. The molecule has 1 aliphatic rings. The lowest BCUT2D eigenvalue weighted by Crippen LogP contribution is -2.38. The molecule has 3 aromatic heterocycles. The monoisotopic (exact) mass is 472 g/mol. The van der Waals surface area contributed by atoms with Crippen molar-refractivity contribution < 1.29 is 13.2 Å². The molecule has 0 bridgehead atoms. The van der Waals surface area contributed by atoms with Crippen LogP contribution in [0.4, 0.5) is 13.2 Å². The minimum absolute atomic E-state index is 0.0976. The molecule has 1 saturated carbocycles. The first-order valence-electron chi connectivity index (χ1n) is 11.2. The number of hydrogen-bond acceptors (Lipinski definition) is 5. The lowest BCUT2D eigenvalue weighted by Gasteiger charge is -2.23. The Hall–Kier alpha value is -1.78. The standard InChI is InChI=1S/C12H15N5S.C8H14F3N.C2H6/c1-17-10(4-6-15-18-2)16-9-7-14-12-8(11(9)17)3-5-13-12;9-8(10,11)6-12-7-4-2-1-3-5-7;1-2/h3,5,7,15H,4,6H2,1-2H3,(H,13,14);7,12H,1-6H2;1-2H3. The summed E-state index contributed by atoms with van der Waals surface area (Å²) in [4.78, 5) is 12.2. The van der Waals surface area contributed by atoms with Gasteiger partial charge in [-0.3, -0.25) is 4.72 Å². The first kappa shape index (κ1) is 26.5. The largest absolute Gasteiger partial charge is 0.401 e. The Morgan fingerprint density at radius 3 is 2.59 bits per heavy atom. The topological polar surface area (TPSA) is 70.6 Å². The van der Waals surface area contributed by atoms with Crippen LogP contribution < -0.4 is 10.0 Å². The highest BCUT2D eigenvalue weighted by molar-refractivity contribution is 7.96. The molecule has 32 heavy (non-hydrogen) atoms. The molecule has 0 spiro atoms. The van der Waals surface area contributed by atoms with Gasteiger partial charge in [-0.25, -0.2) is 9.97 Å². The molecule has 3 aromatic rings. The first-order chi connectivity index (χ1) is 15.4. The molecule has 1 fully saturated rings. The van der Waals surface area contributed by atoms with E-state index < -0.39 is 12.7 Å². The molecule has 180 valence electrons. The van der Waals surface area contributed by atoms with Gasteiger partial charge in [-0.1, -0.05) is 45.1 Å². The number of nitrogens with zero attached hydrogens (tertiary/aromatic N) is 3. The average molecular weight is 473 g/mol. The number of nitrogens with one attached hydrogen (secondary N) is 3. The van der Waals surface area contributed by atoms with E-state index in [1.807, 2.05) is 32.5 Å². The minimum atomic E-state index is -4.06. The van der Waals surface area contributed by atoms with Crippen molar-refractivity contribution in [3.8, 4) is 0 Å². The van der Waals surface area contributed by atoms with Crippen LogP contribution in [0.15, 0.2) is 18.5 Å². The van der Waals surface area contributed by atoms with Gasteiger partial charge in [0.05, 0.1) is 18.3 Å². The van der Waals surface area contributed by atoms with Crippen molar-refractivity contribution in [2.45, 2.75) is 64.6 Å². The molecule has 0 radical (unpaired) electrons. The quantitative estimate of drug-likeness (QED) is 0.333. The van der Waals surface area contributed by atoms with Gasteiger partial charge < -0.3 is 14.9 Å². The van der Waals surface area contributed by atoms with Crippen LogP contribution >= 0.6 is 11.9 Å². The predicted molar refractivity (Wildman–Crippen MR) is 128 cm³/mol. The summed E-state index contributed by atoms with van der Waals surface area (Å²) in [6.45, 7) is 4.08. The highest BCUT2D eigenvalue weighted by Gasteiger charge is 2.28. The van der Waals surface area contributed by atoms with Crippen molar-refractivity contribution in [2.75, 3.05) is 19.3 Å². The lowest BCUT2D eigenvalue weighted by molar-refractivity contribution is -0.126. The van der Waals surface area contributed by atoms with Crippen LogP contribution in [0, 0.1) is 0 Å². The maximum Gasteiger partial charge on any atom is 0.401 e.